The van der Waals surface area contributed by atoms with Gasteiger partial charge in [-0.2, -0.15) is 0 Å². The molecule has 2 atom stereocenters. The molecule has 0 aliphatic carbocycles. The SMILES string of the molecule is CC1(C)C=Cc2c(ccc3c2OC2c4ccc(O[Si](C)(C)C)cc4OCC32O[Si](C)(C)C)O1. The van der Waals surface area contributed by atoms with Crippen LogP contribution in [0.4, 0.5) is 0 Å². The van der Waals surface area contributed by atoms with Gasteiger partial charge in [0.1, 0.15) is 35.2 Å². The van der Waals surface area contributed by atoms with Crippen LogP contribution in [0.5, 0.6) is 23.0 Å². The molecular weight excluding hydrogens is 448 g/mol. The fourth-order valence-electron chi connectivity index (χ4n) is 4.85. The first-order valence-electron chi connectivity index (χ1n) is 11.6. The van der Waals surface area contributed by atoms with E-state index in [9.17, 15) is 0 Å². The van der Waals surface area contributed by atoms with Crippen LogP contribution in [-0.4, -0.2) is 28.8 Å². The summed E-state index contributed by atoms with van der Waals surface area (Å²) in [5.74, 6) is 3.32. The lowest BCUT2D eigenvalue weighted by atomic mass is 9.84. The van der Waals surface area contributed by atoms with Crippen LogP contribution in [0.2, 0.25) is 39.3 Å². The Balaban J connectivity index is 1.62. The Hall–Kier alpha value is -2.23. The average Bonchev–Trinajstić information content (AvgIpc) is 2.98. The molecule has 7 heteroatoms. The molecule has 0 N–H and O–H groups in total. The highest BCUT2D eigenvalue weighted by Gasteiger charge is 2.57. The summed E-state index contributed by atoms with van der Waals surface area (Å²) in [6.07, 6.45) is 3.90. The molecule has 0 amide bonds. The zero-order valence-corrected chi connectivity index (χ0v) is 22.9. The first-order chi connectivity index (χ1) is 15.3. The van der Waals surface area contributed by atoms with Gasteiger partial charge in [-0.1, -0.05) is 0 Å². The lowest BCUT2D eigenvalue weighted by molar-refractivity contribution is -0.0722. The van der Waals surface area contributed by atoms with E-state index in [1.165, 1.54) is 0 Å². The van der Waals surface area contributed by atoms with Crippen LogP contribution < -0.4 is 18.6 Å². The number of hydrogen-bond acceptors (Lipinski definition) is 5. The molecule has 5 nitrogen and oxygen atoms in total. The summed E-state index contributed by atoms with van der Waals surface area (Å²) in [5, 5.41) is 0. The average molecular weight is 483 g/mol. The van der Waals surface area contributed by atoms with Gasteiger partial charge >= 0.3 is 0 Å². The van der Waals surface area contributed by atoms with E-state index < -0.39 is 22.2 Å². The molecule has 0 saturated carbocycles. The lowest BCUT2D eigenvalue weighted by Crippen LogP contribution is -2.49. The van der Waals surface area contributed by atoms with Gasteiger partial charge in [0.2, 0.25) is 8.32 Å². The van der Waals surface area contributed by atoms with E-state index in [0.717, 1.165) is 39.7 Å². The van der Waals surface area contributed by atoms with Gasteiger partial charge in [0.25, 0.3) is 0 Å². The minimum absolute atomic E-state index is 0.293. The third-order valence-corrected chi connectivity index (χ3v) is 7.74. The van der Waals surface area contributed by atoms with Crippen molar-refractivity contribution in [2.24, 2.45) is 0 Å². The van der Waals surface area contributed by atoms with Crippen molar-refractivity contribution in [2.75, 3.05) is 6.61 Å². The van der Waals surface area contributed by atoms with Crippen LogP contribution >= 0.6 is 0 Å². The van der Waals surface area contributed by atoms with Crippen molar-refractivity contribution in [2.45, 2.75) is 70.4 Å². The molecule has 2 aromatic rings. The summed E-state index contributed by atoms with van der Waals surface area (Å²) in [6.45, 7) is 17.7. The number of hydrogen-bond donors (Lipinski definition) is 0. The summed E-state index contributed by atoms with van der Waals surface area (Å²) in [4.78, 5) is 0. The molecule has 0 fully saturated rings. The number of fused-ring (bicyclic) bond motifs is 7. The lowest BCUT2D eigenvalue weighted by Gasteiger charge is -2.42. The Bertz CT molecular complexity index is 1140. The minimum Gasteiger partial charge on any atom is -0.544 e. The molecule has 5 rings (SSSR count). The zero-order chi connectivity index (χ0) is 23.8. The van der Waals surface area contributed by atoms with E-state index >= 15 is 0 Å². The highest BCUT2D eigenvalue weighted by molar-refractivity contribution is 6.70. The molecule has 2 unspecified atom stereocenters. The largest absolute Gasteiger partial charge is 0.544 e. The van der Waals surface area contributed by atoms with Crippen molar-refractivity contribution in [1.82, 2.24) is 0 Å². The standard InChI is InChI=1S/C26H34O5Si2/c1-25(2)14-13-18-21(29-25)12-11-20-23(18)28-24-19-10-9-17(30-32(3,4)5)15-22(19)27-16-26(20,24)31-33(6,7)8/h9-15,24H,16H2,1-8H3. The summed E-state index contributed by atoms with van der Waals surface area (Å²) in [7, 11) is -3.68. The summed E-state index contributed by atoms with van der Waals surface area (Å²) in [5.41, 5.74) is 1.97. The van der Waals surface area contributed by atoms with E-state index in [-0.39, 0.29) is 11.7 Å². The first kappa shape index (κ1) is 22.6. The molecule has 3 aliphatic rings. The molecule has 0 saturated heterocycles. The van der Waals surface area contributed by atoms with Crippen LogP contribution in [0.25, 0.3) is 6.08 Å². The van der Waals surface area contributed by atoms with E-state index in [4.69, 9.17) is 23.1 Å². The highest BCUT2D eigenvalue weighted by Crippen LogP contribution is 2.59. The van der Waals surface area contributed by atoms with Crippen molar-refractivity contribution in [3.05, 3.63) is 53.1 Å². The Kier molecular flexibility index (Phi) is 4.88. The second-order valence-electron chi connectivity index (χ2n) is 11.7. The predicted octanol–water partition coefficient (Wildman–Crippen LogP) is 6.66. The van der Waals surface area contributed by atoms with Gasteiger partial charge in [0.15, 0.2) is 20.0 Å². The maximum atomic E-state index is 6.92. The fourth-order valence-corrected chi connectivity index (χ4v) is 7.06. The molecule has 33 heavy (non-hydrogen) atoms. The zero-order valence-electron chi connectivity index (χ0n) is 20.9. The molecule has 0 radical (unpaired) electrons. The van der Waals surface area contributed by atoms with E-state index in [2.05, 4.69) is 77.4 Å². The van der Waals surface area contributed by atoms with Crippen molar-refractivity contribution < 1.29 is 23.1 Å². The maximum absolute atomic E-state index is 6.92. The first-order valence-corrected chi connectivity index (χ1v) is 18.5. The number of ether oxygens (including phenoxy) is 3. The summed E-state index contributed by atoms with van der Waals surface area (Å²) < 4.78 is 32.5. The molecule has 2 aromatic carbocycles. The van der Waals surface area contributed by atoms with Crippen molar-refractivity contribution in [3.63, 3.8) is 0 Å². The molecule has 3 heterocycles. The van der Waals surface area contributed by atoms with Crippen LogP contribution in [0.1, 0.15) is 36.6 Å². The third kappa shape index (κ3) is 4.00. The van der Waals surface area contributed by atoms with E-state index in [1.807, 2.05) is 18.2 Å². The monoisotopic (exact) mass is 482 g/mol. The normalized spacial score (nSPS) is 24.4. The smallest absolute Gasteiger partial charge is 0.242 e. The number of benzene rings is 2. The molecule has 0 bridgehead atoms. The van der Waals surface area contributed by atoms with Gasteiger partial charge in [-0.3, -0.25) is 0 Å². The maximum Gasteiger partial charge on any atom is 0.242 e. The van der Waals surface area contributed by atoms with Crippen molar-refractivity contribution >= 4 is 22.7 Å². The Labute approximate surface area is 198 Å². The molecular formula is C26H34O5Si2. The molecule has 3 aliphatic heterocycles. The molecule has 0 aromatic heterocycles. The Morgan fingerprint density at radius 3 is 2.39 bits per heavy atom. The van der Waals surface area contributed by atoms with E-state index in [0.29, 0.717) is 6.61 Å². The van der Waals surface area contributed by atoms with Crippen LogP contribution in [-0.2, 0) is 10.0 Å². The van der Waals surface area contributed by atoms with Crippen molar-refractivity contribution in [1.29, 1.82) is 0 Å². The summed E-state index contributed by atoms with van der Waals surface area (Å²) >= 11 is 0. The van der Waals surface area contributed by atoms with Gasteiger partial charge in [-0.15, -0.1) is 0 Å². The Morgan fingerprint density at radius 2 is 1.70 bits per heavy atom. The van der Waals surface area contributed by atoms with Gasteiger partial charge in [-0.25, -0.2) is 0 Å². The second-order valence-corrected chi connectivity index (χ2v) is 20.6. The quantitative estimate of drug-likeness (QED) is 0.456. The van der Waals surface area contributed by atoms with E-state index in [1.54, 1.807) is 0 Å². The fraction of sp³-hybridized carbons (Fsp3) is 0.462. The predicted molar refractivity (Wildman–Crippen MR) is 136 cm³/mol. The van der Waals surface area contributed by atoms with Gasteiger partial charge < -0.3 is 23.1 Å². The topological polar surface area (TPSA) is 46.2 Å². The molecule has 0 spiro atoms. The third-order valence-electron chi connectivity index (χ3n) is 5.92. The summed E-state index contributed by atoms with van der Waals surface area (Å²) in [6, 6.07) is 10.2. The van der Waals surface area contributed by atoms with Gasteiger partial charge in [0.05, 0.1) is 5.56 Å². The number of rotatable bonds is 4. The Morgan fingerprint density at radius 1 is 0.939 bits per heavy atom. The minimum atomic E-state index is -1.96. The van der Waals surface area contributed by atoms with Crippen molar-refractivity contribution in [3.8, 4) is 23.0 Å². The van der Waals surface area contributed by atoms with Crippen LogP contribution in [0.15, 0.2) is 36.4 Å². The van der Waals surface area contributed by atoms with Crippen LogP contribution in [0, 0.1) is 0 Å². The second kappa shape index (κ2) is 7.14. The van der Waals surface area contributed by atoms with Crippen LogP contribution in [0.3, 0.4) is 0 Å². The highest BCUT2D eigenvalue weighted by atomic mass is 28.4. The van der Waals surface area contributed by atoms with Gasteiger partial charge in [0, 0.05) is 17.2 Å². The van der Waals surface area contributed by atoms with Gasteiger partial charge in [-0.05, 0) is 89.5 Å². The molecule has 176 valence electrons.